The minimum Gasteiger partial charge on any atom is -0.396 e. The van der Waals surface area contributed by atoms with Crippen molar-refractivity contribution in [1.82, 2.24) is 0 Å². The van der Waals surface area contributed by atoms with Gasteiger partial charge in [-0.05, 0) is 24.1 Å². The van der Waals surface area contributed by atoms with Gasteiger partial charge in [0, 0.05) is 31.9 Å². The van der Waals surface area contributed by atoms with Gasteiger partial charge in [-0.25, -0.2) is 0 Å². The van der Waals surface area contributed by atoms with Crippen molar-refractivity contribution < 1.29 is 10.2 Å². The minimum atomic E-state index is -0.109. The lowest BCUT2D eigenvalue weighted by atomic mass is 10.0. The molecule has 0 spiro atoms. The highest BCUT2D eigenvalue weighted by Gasteiger charge is 2.06. The van der Waals surface area contributed by atoms with Crippen molar-refractivity contribution in [2.45, 2.75) is 12.5 Å². The van der Waals surface area contributed by atoms with E-state index in [1.807, 2.05) is 36.2 Å². The summed E-state index contributed by atoms with van der Waals surface area (Å²) in [5.74, 6) is 0. The van der Waals surface area contributed by atoms with Crippen molar-refractivity contribution >= 4 is 5.69 Å². The summed E-state index contributed by atoms with van der Waals surface area (Å²) in [4.78, 5) is 1.97. The Labute approximate surface area is 96.3 Å². The van der Waals surface area contributed by atoms with Crippen LogP contribution in [0.15, 0.2) is 24.3 Å². The third-order valence-electron chi connectivity index (χ3n) is 2.64. The fraction of sp³-hybridized carbons (Fsp3) is 0.500. The Morgan fingerprint density at radius 1 is 1.19 bits per heavy atom. The fourth-order valence-corrected chi connectivity index (χ4v) is 1.56. The summed E-state index contributed by atoms with van der Waals surface area (Å²) < 4.78 is 0. The second-order valence-electron chi connectivity index (χ2n) is 3.86. The van der Waals surface area contributed by atoms with E-state index in [1.54, 1.807) is 0 Å². The molecule has 0 saturated carbocycles. The third-order valence-corrected chi connectivity index (χ3v) is 2.64. The van der Waals surface area contributed by atoms with Gasteiger partial charge in [-0.2, -0.15) is 0 Å². The zero-order valence-electron chi connectivity index (χ0n) is 9.63. The smallest absolute Gasteiger partial charge is 0.0606 e. The molecule has 0 aliphatic heterocycles. The second kappa shape index (κ2) is 6.48. The van der Waals surface area contributed by atoms with Gasteiger partial charge in [0.25, 0.3) is 0 Å². The van der Waals surface area contributed by atoms with Gasteiger partial charge in [-0.3, -0.25) is 0 Å². The molecule has 0 heterocycles. The van der Waals surface area contributed by atoms with Crippen molar-refractivity contribution in [1.29, 1.82) is 0 Å². The molecule has 1 aromatic carbocycles. The van der Waals surface area contributed by atoms with Crippen LogP contribution in [-0.4, -0.2) is 37.0 Å². The lowest BCUT2D eigenvalue weighted by molar-refractivity contribution is 0.276. The molecule has 0 aliphatic rings. The molecule has 0 aliphatic carbocycles. The molecule has 0 radical (unpaired) electrons. The van der Waals surface area contributed by atoms with Crippen LogP contribution in [0.1, 0.15) is 18.0 Å². The van der Waals surface area contributed by atoms with Crippen molar-refractivity contribution in [3.8, 4) is 0 Å². The second-order valence-corrected chi connectivity index (χ2v) is 3.86. The molecule has 0 saturated heterocycles. The summed E-state index contributed by atoms with van der Waals surface area (Å²) in [5, 5.41) is 17.6. The first-order valence-corrected chi connectivity index (χ1v) is 5.47. The van der Waals surface area contributed by atoms with Gasteiger partial charge in [-0.15, -0.1) is 0 Å². The van der Waals surface area contributed by atoms with Gasteiger partial charge in [-0.1, -0.05) is 12.1 Å². The van der Waals surface area contributed by atoms with Crippen LogP contribution in [0.5, 0.6) is 0 Å². The van der Waals surface area contributed by atoms with E-state index in [0.717, 1.165) is 11.3 Å². The number of nitrogens with two attached hydrogens (primary N) is 1. The number of hydrogen-bond donors (Lipinski definition) is 3. The Hall–Kier alpha value is -1.10. The number of likely N-dealkylation sites (N-methyl/N-ethyl adjacent to an activating group) is 1. The number of rotatable bonds is 6. The van der Waals surface area contributed by atoms with Crippen LogP contribution in [0.25, 0.3) is 0 Å². The summed E-state index contributed by atoms with van der Waals surface area (Å²) in [6.07, 6.45) is 0.575. The predicted molar refractivity (Wildman–Crippen MR) is 65.4 cm³/mol. The van der Waals surface area contributed by atoms with Gasteiger partial charge in [0.2, 0.25) is 0 Å². The molecule has 1 rings (SSSR count). The Morgan fingerprint density at radius 3 is 2.31 bits per heavy atom. The maximum Gasteiger partial charge on any atom is 0.0606 e. The normalized spacial score (nSPS) is 12.5. The Morgan fingerprint density at radius 2 is 1.81 bits per heavy atom. The standard InChI is InChI=1S/C12H20N2O2/c1-14(7-9-16)11-4-2-10(3-5-11)12(13)6-8-15/h2-5,12,15-16H,6-9,13H2,1H3/t12-/m1/s1. The monoisotopic (exact) mass is 224 g/mol. The maximum atomic E-state index is 8.82. The number of aliphatic hydroxyl groups is 2. The number of anilines is 1. The molecule has 4 heteroatoms. The van der Waals surface area contributed by atoms with E-state index >= 15 is 0 Å². The lowest BCUT2D eigenvalue weighted by Gasteiger charge is -2.19. The Balaban J connectivity index is 2.67. The summed E-state index contributed by atoms with van der Waals surface area (Å²) >= 11 is 0. The molecule has 4 N–H and O–H groups in total. The van der Waals surface area contributed by atoms with Crippen LogP contribution in [0, 0.1) is 0 Å². The van der Waals surface area contributed by atoms with E-state index in [-0.39, 0.29) is 19.3 Å². The zero-order chi connectivity index (χ0) is 12.0. The average molecular weight is 224 g/mol. The molecule has 1 atom stereocenters. The summed E-state index contributed by atoms with van der Waals surface area (Å²) in [5.41, 5.74) is 7.95. The topological polar surface area (TPSA) is 69.7 Å². The van der Waals surface area contributed by atoms with Gasteiger partial charge in [0.15, 0.2) is 0 Å². The predicted octanol–water partition coefficient (Wildman–Crippen LogP) is 0.497. The number of aliphatic hydroxyl groups excluding tert-OH is 2. The molecule has 4 nitrogen and oxygen atoms in total. The van der Waals surface area contributed by atoms with Gasteiger partial charge in [0.1, 0.15) is 0 Å². The minimum absolute atomic E-state index is 0.104. The summed E-state index contributed by atoms with van der Waals surface area (Å²) in [7, 11) is 1.93. The molecular formula is C12H20N2O2. The van der Waals surface area contributed by atoms with Crippen molar-refractivity contribution in [3.63, 3.8) is 0 Å². The van der Waals surface area contributed by atoms with Gasteiger partial charge in [0.05, 0.1) is 6.61 Å². The third kappa shape index (κ3) is 3.48. The highest BCUT2D eigenvalue weighted by atomic mass is 16.3. The molecule has 90 valence electrons. The van der Waals surface area contributed by atoms with E-state index in [9.17, 15) is 0 Å². The van der Waals surface area contributed by atoms with Crippen LogP contribution >= 0.6 is 0 Å². The number of hydrogen-bond acceptors (Lipinski definition) is 4. The van der Waals surface area contributed by atoms with Crippen LogP contribution in [0.2, 0.25) is 0 Å². The molecule has 16 heavy (non-hydrogen) atoms. The van der Waals surface area contributed by atoms with Crippen LogP contribution in [-0.2, 0) is 0 Å². The van der Waals surface area contributed by atoms with Crippen LogP contribution in [0.3, 0.4) is 0 Å². The first kappa shape index (κ1) is 13.0. The molecule has 0 amide bonds. The lowest BCUT2D eigenvalue weighted by Crippen LogP contribution is -2.21. The van der Waals surface area contributed by atoms with E-state index in [0.29, 0.717) is 13.0 Å². The summed E-state index contributed by atoms with van der Waals surface area (Å²) in [6.45, 7) is 0.859. The molecular weight excluding hydrogens is 204 g/mol. The first-order chi connectivity index (χ1) is 7.69. The van der Waals surface area contributed by atoms with E-state index in [2.05, 4.69) is 0 Å². The molecule has 1 aromatic rings. The van der Waals surface area contributed by atoms with Crippen molar-refractivity contribution in [3.05, 3.63) is 29.8 Å². The Bertz CT molecular complexity index is 269. The highest BCUT2D eigenvalue weighted by molar-refractivity contribution is 5.47. The largest absolute Gasteiger partial charge is 0.396 e. The average Bonchev–Trinajstić information content (AvgIpc) is 2.30. The van der Waals surface area contributed by atoms with Gasteiger partial charge >= 0.3 is 0 Å². The molecule has 0 bridgehead atoms. The van der Waals surface area contributed by atoms with E-state index in [1.165, 1.54) is 0 Å². The van der Waals surface area contributed by atoms with Crippen LogP contribution in [0.4, 0.5) is 5.69 Å². The summed E-state index contributed by atoms with van der Waals surface area (Å²) in [6, 6.07) is 7.76. The molecule has 0 unspecified atom stereocenters. The molecule has 0 aromatic heterocycles. The number of nitrogens with zero attached hydrogens (tertiary/aromatic N) is 1. The molecule has 0 fully saturated rings. The van der Waals surface area contributed by atoms with Gasteiger partial charge < -0.3 is 20.8 Å². The van der Waals surface area contributed by atoms with Crippen molar-refractivity contribution in [2.75, 3.05) is 31.7 Å². The first-order valence-electron chi connectivity index (χ1n) is 5.47. The Kier molecular flexibility index (Phi) is 5.25. The number of benzene rings is 1. The van der Waals surface area contributed by atoms with E-state index in [4.69, 9.17) is 15.9 Å². The quantitative estimate of drug-likeness (QED) is 0.658. The SMILES string of the molecule is CN(CCO)c1ccc([C@H](N)CCO)cc1. The highest BCUT2D eigenvalue weighted by Crippen LogP contribution is 2.18. The van der Waals surface area contributed by atoms with Crippen molar-refractivity contribution in [2.24, 2.45) is 5.73 Å². The van der Waals surface area contributed by atoms with Crippen LogP contribution < -0.4 is 10.6 Å². The fourth-order valence-electron chi connectivity index (χ4n) is 1.56. The van der Waals surface area contributed by atoms with E-state index < -0.39 is 0 Å². The maximum absolute atomic E-state index is 8.82. The zero-order valence-corrected chi connectivity index (χ0v) is 9.63.